The van der Waals surface area contributed by atoms with Crippen LogP contribution in [0.15, 0.2) is 64.0 Å². The Kier molecular flexibility index (Phi) is 6.06. The Morgan fingerprint density at radius 3 is 2.55 bits per heavy atom. The highest BCUT2D eigenvalue weighted by molar-refractivity contribution is 7.89. The predicted molar refractivity (Wildman–Crippen MR) is 112 cm³/mol. The Balaban J connectivity index is 1.38. The first kappa shape index (κ1) is 21.1. The minimum atomic E-state index is -3.52. The van der Waals surface area contributed by atoms with Crippen molar-refractivity contribution in [1.29, 1.82) is 0 Å². The molecular formula is C22H22N2O6S. The van der Waals surface area contributed by atoms with Gasteiger partial charge in [0.25, 0.3) is 0 Å². The summed E-state index contributed by atoms with van der Waals surface area (Å²) in [6.07, 6.45) is 1.73. The number of benzene rings is 2. The topological polar surface area (TPSA) is 98.9 Å². The summed E-state index contributed by atoms with van der Waals surface area (Å²) in [5, 5.41) is 3.93. The summed E-state index contributed by atoms with van der Waals surface area (Å²) in [6, 6.07) is 14.8. The highest BCUT2D eigenvalue weighted by atomic mass is 32.2. The van der Waals surface area contributed by atoms with Gasteiger partial charge in [-0.05, 0) is 49.2 Å². The molecule has 0 radical (unpaired) electrons. The Bertz CT molecular complexity index is 1160. The molecule has 1 aromatic heterocycles. The van der Waals surface area contributed by atoms with Crippen LogP contribution >= 0.6 is 0 Å². The van der Waals surface area contributed by atoms with E-state index in [0.29, 0.717) is 30.3 Å². The molecule has 0 saturated carbocycles. The van der Waals surface area contributed by atoms with E-state index in [0.717, 1.165) is 18.4 Å². The summed E-state index contributed by atoms with van der Waals surface area (Å²) in [4.78, 5) is 12.5. The second kappa shape index (κ2) is 8.91. The third-order valence-corrected chi connectivity index (χ3v) is 6.97. The molecule has 0 atom stereocenters. The van der Waals surface area contributed by atoms with Crippen LogP contribution < -0.4 is 4.74 Å². The van der Waals surface area contributed by atoms with Crippen LogP contribution in [-0.4, -0.2) is 44.0 Å². The van der Waals surface area contributed by atoms with Crippen LogP contribution in [0, 0.1) is 0 Å². The van der Waals surface area contributed by atoms with E-state index >= 15 is 0 Å². The molecule has 0 aliphatic carbocycles. The normalized spacial score (nSPS) is 14.5. The second-order valence-electron chi connectivity index (χ2n) is 7.13. The van der Waals surface area contributed by atoms with E-state index in [2.05, 4.69) is 5.16 Å². The largest absolute Gasteiger partial charge is 0.497 e. The maximum absolute atomic E-state index is 12.6. The molecule has 162 valence electrons. The monoisotopic (exact) mass is 442 g/mol. The zero-order chi connectivity index (χ0) is 21.8. The van der Waals surface area contributed by atoms with E-state index in [1.807, 2.05) is 24.3 Å². The van der Waals surface area contributed by atoms with Crippen LogP contribution in [0.1, 0.15) is 28.9 Å². The van der Waals surface area contributed by atoms with Gasteiger partial charge in [0.15, 0.2) is 5.76 Å². The van der Waals surface area contributed by atoms with E-state index < -0.39 is 16.0 Å². The molecule has 8 nitrogen and oxygen atoms in total. The smallest absolute Gasteiger partial charge is 0.338 e. The van der Waals surface area contributed by atoms with Crippen molar-refractivity contribution in [2.45, 2.75) is 24.3 Å². The fourth-order valence-electron chi connectivity index (χ4n) is 3.36. The fourth-order valence-corrected chi connectivity index (χ4v) is 4.87. The standard InChI is InChI=1S/C22H22N2O6S/c1-28-19-6-4-5-17(13-19)21-14-18(23-30-21)15-29-22(25)16-7-9-20(10-8-16)31(26,27)24-11-2-3-12-24/h4-10,13-14H,2-3,11-12,15H2,1H3. The maximum Gasteiger partial charge on any atom is 0.338 e. The minimum Gasteiger partial charge on any atom is -0.497 e. The number of nitrogens with zero attached hydrogens (tertiary/aromatic N) is 2. The zero-order valence-electron chi connectivity index (χ0n) is 17.0. The Hall–Kier alpha value is -3.17. The van der Waals surface area contributed by atoms with Gasteiger partial charge in [-0.25, -0.2) is 13.2 Å². The third-order valence-electron chi connectivity index (χ3n) is 5.06. The quantitative estimate of drug-likeness (QED) is 0.517. The molecule has 31 heavy (non-hydrogen) atoms. The summed E-state index contributed by atoms with van der Waals surface area (Å²) in [5.74, 6) is 0.648. The summed E-state index contributed by atoms with van der Waals surface area (Å²) >= 11 is 0. The average Bonchev–Trinajstić information content (AvgIpc) is 3.50. The number of aromatic nitrogens is 1. The number of esters is 1. The van der Waals surface area contributed by atoms with Crippen molar-refractivity contribution in [3.05, 3.63) is 65.9 Å². The Morgan fingerprint density at radius 2 is 1.84 bits per heavy atom. The van der Waals surface area contributed by atoms with Gasteiger partial charge in [0.05, 0.1) is 17.6 Å². The number of sulfonamides is 1. The van der Waals surface area contributed by atoms with Crippen molar-refractivity contribution in [3.63, 3.8) is 0 Å². The highest BCUT2D eigenvalue weighted by Gasteiger charge is 2.27. The van der Waals surface area contributed by atoms with Gasteiger partial charge in [-0.3, -0.25) is 0 Å². The van der Waals surface area contributed by atoms with Gasteiger partial charge in [-0.1, -0.05) is 17.3 Å². The Labute approximate surface area is 180 Å². The first-order valence-corrected chi connectivity index (χ1v) is 11.3. The van der Waals surface area contributed by atoms with Crippen LogP contribution in [0.5, 0.6) is 5.75 Å². The molecule has 3 aromatic rings. The number of carbonyl (C=O) groups is 1. The number of methoxy groups -OCH3 is 1. The van der Waals surface area contributed by atoms with Crippen LogP contribution in [0.2, 0.25) is 0 Å². The molecule has 0 N–H and O–H groups in total. The first-order chi connectivity index (χ1) is 15.0. The number of hydrogen-bond acceptors (Lipinski definition) is 7. The molecule has 1 fully saturated rings. The molecular weight excluding hydrogens is 420 g/mol. The van der Waals surface area contributed by atoms with Crippen molar-refractivity contribution in [1.82, 2.24) is 9.46 Å². The molecule has 1 aliphatic rings. The number of rotatable bonds is 7. The molecule has 0 spiro atoms. The van der Waals surface area contributed by atoms with Crippen molar-refractivity contribution in [2.24, 2.45) is 0 Å². The van der Waals surface area contributed by atoms with Crippen LogP contribution in [0.4, 0.5) is 0 Å². The van der Waals surface area contributed by atoms with E-state index in [1.165, 1.54) is 28.6 Å². The molecule has 2 heterocycles. The van der Waals surface area contributed by atoms with Crippen LogP contribution in [0.25, 0.3) is 11.3 Å². The van der Waals surface area contributed by atoms with Crippen LogP contribution in [-0.2, 0) is 21.4 Å². The molecule has 1 saturated heterocycles. The van der Waals surface area contributed by atoms with Crippen molar-refractivity contribution in [2.75, 3.05) is 20.2 Å². The first-order valence-electron chi connectivity index (χ1n) is 9.85. The van der Waals surface area contributed by atoms with Gasteiger partial charge < -0.3 is 14.0 Å². The number of ether oxygens (including phenoxy) is 2. The summed E-state index contributed by atoms with van der Waals surface area (Å²) in [7, 11) is -1.93. The molecule has 9 heteroatoms. The van der Waals surface area contributed by atoms with E-state index in [1.54, 1.807) is 13.2 Å². The van der Waals surface area contributed by atoms with E-state index in [4.69, 9.17) is 14.0 Å². The van der Waals surface area contributed by atoms with E-state index in [9.17, 15) is 13.2 Å². The predicted octanol–water partition coefficient (Wildman–Crippen LogP) is 3.49. The lowest BCUT2D eigenvalue weighted by Gasteiger charge is -2.15. The SMILES string of the molecule is COc1cccc(-c2cc(COC(=O)c3ccc(S(=O)(=O)N4CCCC4)cc3)no2)c1. The van der Waals surface area contributed by atoms with Gasteiger partial charge in [-0.15, -0.1) is 0 Å². The zero-order valence-corrected chi connectivity index (χ0v) is 17.8. The van der Waals surface area contributed by atoms with Crippen molar-refractivity contribution >= 4 is 16.0 Å². The average molecular weight is 442 g/mol. The van der Waals surface area contributed by atoms with Gasteiger partial charge >= 0.3 is 5.97 Å². The van der Waals surface area contributed by atoms with E-state index in [-0.39, 0.29) is 17.1 Å². The van der Waals surface area contributed by atoms with Crippen molar-refractivity contribution in [3.8, 4) is 17.1 Å². The van der Waals surface area contributed by atoms with Gasteiger partial charge in [0, 0.05) is 24.7 Å². The summed E-state index contributed by atoms with van der Waals surface area (Å²) in [5.41, 5.74) is 1.51. The minimum absolute atomic E-state index is 0.0693. The Morgan fingerprint density at radius 1 is 1.10 bits per heavy atom. The highest BCUT2D eigenvalue weighted by Crippen LogP contribution is 2.25. The molecule has 1 aliphatic heterocycles. The molecule has 0 unspecified atom stereocenters. The van der Waals surface area contributed by atoms with Gasteiger partial charge in [-0.2, -0.15) is 4.31 Å². The lowest BCUT2D eigenvalue weighted by molar-refractivity contribution is 0.0464. The van der Waals surface area contributed by atoms with Gasteiger partial charge in [0.1, 0.15) is 18.1 Å². The van der Waals surface area contributed by atoms with Crippen molar-refractivity contribution < 1.29 is 27.2 Å². The number of hydrogen-bond donors (Lipinski definition) is 0. The molecule has 0 bridgehead atoms. The lowest BCUT2D eigenvalue weighted by Crippen LogP contribution is -2.27. The van der Waals surface area contributed by atoms with Crippen LogP contribution in [0.3, 0.4) is 0 Å². The molecule has 2 aromatic carbocycles. The lowest BCUT2D eigenvalue weighted by atomic mass is 10.1. The second-order valence-corrected chi connectivity index (χ2v) is 9.06. The number of carbonyl (C=O) groups excluding carboxylic acids is 1. The summed E-state index contributed by atoms with van der Waals surface area (Å²) < 4.78 is 42.4. The van der Waals surface area contributed by atoms with Gasteiger partial charge in [0.2, 0.25) is 10.0 Å². The summed E-state index contributed by atoms with van der Waals surface area (Å²) in [6.45, 7) is 0.989. The third kappa shape index (κ3) is 4.62. The fraction of sp³-hybridized carbons (Fsp3) is 0.273. The maximum atomic E-state index is 12.6. The molecule has 0 amide bonds. The molecule has 4 rings (SSSR count).